The summed E-state index contributed by atoms with van der Waals surface area (Å²) in [7, 11) is 2.18. The van der Waals surface area contributed by atoms with Crippen molar-refractivity contribution in [2.45, 2.75) is 25.7 Å². The molecule has 6 nitrogen and oxygen atoms in total. The van der Waals surface area contributed by atoms with E-state index >= 15 is 0 Å². The number of anilines is 1. The molecule has 2 aliphatic rings. The molecule has 2 aromatic heterocycles. The number of hydrogen-bond acceptors (Lipinski definition) is 5. The summed E-state index contributed by atoms with van der Waals surface area (Å²) in [6.45, 7) is 2.25. The van der Waals surface area contributed by atoms with Crippen LogP contribution in [-0.2, 0) is 19.6 Å². The highest BCUT2D eigenvalue weighted by Crippen LogP contribution is 2.39. The number of halogens is 2. The Morgan fingerprint density at radius 2 is 2.10 bits per heavy atom. The molecule has 2 atom stereocenters. The van der Waals surface area contributed by atoms with Crippen LogP contribution in [0.1, 0.15) is 38.5 Å². The molecule has 0 fully saturated rings. The van der Waals surface area contributed by atoms with Crippen LogP contribution in [0.2, 0.25) is 10.0 Å². The van der Waals surface area contributed by atoms with Gasteiger partial charge in [-0.05, 0) is 29.8 Å². The Kier molecular flexibility index (Phi) is 5.14. The van der Waals surface area contributed by atoms with Crippen LogP contribution in [0.3, 0.4) is 0 Å². The Balaban J connectivity index is 1.30. The molecular weight excluding hydrogens is 445 g/mol. The number of hydrogen-bond donors (Lipinski definition) is 3. The molecule has 0 saturated carbocycles. The fraction of sp³-hybridized carbons (Fsp3) is 0.286. The van der Waals surface area contributed by atoms with Crippen molar-refractivity contribution in [3.63, 3.8) is 0 Å². The van der Waals surface area contributed by atoms with E-state index in [0.717, 1.165) is 30.1 Å². The molecule has 3 N–H and O–H groups in total. The molecule has 30 heavy (non-hydrogen) atoms. The highest BCUT2D eigenvalue weighted by molar-refractivity contribution is 7.16. The Morgan fingerprint density at radius 1 is 1.23 bits per heavy atom. The molecule has 5 rings (SSSR count). The van der Waals surface area contributed by atoms with Gasteiger partial charge in [-0.3, -0.25) is 4.79 Å². The highest BCUT2D eigenvalue weighted by Gasteiger charge is 2.34. The lowest BCUT2D eigenvalue weighted by Gasteiger charge is -2.25. The molecule has 9 heteroatoms. The van der Waals surface area contributed by atoms with E-state index in [-0.39, 0.29) is 12.5 Å². The average Bonchev–Trinajstić information content (AvgIpc) is 3.33. The first-order valence-electron chi connectivity index (χ1n) is 9.67. The molecule has 0 bridgehead atoms. The maximum atomic E-state index is 12.8. The van der Waals surface area contributed by atoms with Gasteiger partial charge in [0.05, 0.1) is 34.1 Å². The predicted octanol–water partition coefficient (Wildman–Crippen LogP) is 3.65. The smallest absolute Gasteiger partial charge is 0.256 e. The minimum Gasteiger partial charge on any atom is -0.486 e. The number of benzene rings is 1. The standard InChI is InChI=1S/C21H19Cl2N3O3S/c1-26-7-6-13-17(9-26)30-21-18(13)20(27)24-19(25-21)16-5-3-12(29-16)10-28-11-2-4-14(22)15(23)8-11/h2-5,8,19,25H,6-7,9-10H2,1H3,(H,24,27)/p+1. The Labute approximate surface area is 187 Å². The van der Waals surface area contributed by atoms with E-state index in [1.807, 2.05) is 12.1 Å². The number of rotatable bonds is 4. The third-order valence-electron chi connectivity index (χ3n) is 5.37. The van der Waals surface area contributed by atoms with Crippen LogP contribution in [0.4, 0.5) is 5.00 Å². The van der Waals surface area contributed by atoms with Gasteiger partial charge in [0.25, 0.3) is 5.91 Å². The van der Waals surface area contributed by atoms with E-state index in [4.69, 9.17) is 32.4 Å². The van der Waals surface area contributed by atoms with Crippen molar-refractivity contribution >= 4 is 45.4 Å². The van der Waals surface area contributed by atoms with E-state index in [2.05, 4.69) is 17.7 Å². The average molecular weight is 465 g/mol. The summed E-state index contributed by atoms with van der Waals surface area (Å²) in [5.74, 6) is 1.84. The van der Waals surface area contributed by atoms with Gasteiger partial charge in [-0.15, -0.1) is 11.3 Å². The van der Waals surface area contributed by atoms with Gasteiger partial charge in [0.2, 0.25) is 0 Å². The van der Waals surface area contributed by atoms with Crippen LogP contribution >= 0.6 is 34.5 Å². The Morgan fingerprint density at radius 3 is 2.93 bits per heavy atom. The molecule has 0 saturated heterocycles. The van der Waals surface area contributed by atoms with Crippen molar-refractivity contribution in [3.8, 4) is 5.75 Å². The number of quaternary nitrogens is 1. The van der Waals surface area contributed by atoms with Crippen molar-refractivity contribution in [2.24, 2.45) is 0 Å². The number of fused-ring (bicyclic) bond motifs is 3. The van der Waals surface area contributed by atoms with Crippen molar-refractivity contribution < 1.29 is 18.8 Å². The first kappa shape index (κ1) is 19.8. The quantitative estimate of drug-likeness (QED) is 0.551. The second-order valence-corrected chi connectivity index (χ2v) is 9.48. The number of ether oxygens (including phenoxy) is 1. The second kappa shape index (κ2) is 7.81. The van der Waals surface area contributed by atoms with Crippen molar-refractivity contribution in [1.29, 1.82) is 0 Å². The SMILES string of the molecule is C[NH+]1CCc2c(sc3c2C(=O)NC(c2ccc(COc4ccc(Cl)c(Cl)c4)o2)N3)C1. The predicted molar refractivity (Wildman–Crippen MR) is 117 cm³/mol. The topological polar surface area (TPSA) is 67.9 Å². The number of carbonyl (C=O) groups is 1. The fourth-order valence-corrected chi connectivity index (χ4v) is 5.50. The number of amides is 1. The van der Waals surface area contributed by atoms with Crippen LogP contribution < -0.4 is 20.3 Å². The van der Waals surface area contributed by atoms with Gasteiger partial charge < -0.3 is 24.7 Å². The lowest BCUT2D eigenvalue weighted by Crippen LogP contribution is -3.08. The summed E-state index contributed by atoms with van der Waals surface area (Å²) in [6.07, 6.45) is 0.526. The molecule has 0 spiro atoms. The monoisotopic (exact) mass is 464 g/mol. The zero-order chi connectivity index (χ0) is 20.8. The maximum absolute atomic E-state index is 12.8. The highest BCUT2D eigenvalue weighted by atomic mass is 35.5. The first-order valence-corrected chi connectivity index (χ1v) is 11.2. The van der Waals surface area contributed by atoms with Gasteiger partial charge in [-0.1, -0.05) is 23.2 Å². The van der Waals surface area contributed by atoms with Crippen LogP contribution in [0.25, 0.3) is 0 Å². The van der Waals surface area contributed by atoms with E-state index in [0.29, 0.717) is 27.3 Å². The van der Waals surface area contributed by atoms with Crippen LogP contribution in [0.5, 0.6) is 5.75 Å². The molecule has 0 aliphatic carbocycles. The molecule has 0 radical (unpaired) electrons. The van der Waals surface area contributed by atoms with Crippen LogP contribution in [0, 0.1) is 0 Å². The molecule has 1 amide bonds. The summed E-state index contributed by atoms with van der Waals surface area (Å²) >= 11 is 13.6. The van der Waals surface area contributed by atoms with Gasteiger partial charge in [-0.25, -0.2) is 0 Å². The molecule has 1 aromatic carbocycles. The molecule has 2 aliphatic heterocycles. The van der Waals surface area contributed by atoms with Gasteiger partial charge in [0.1, 0.15) is 35.4 Å². The lowest BCUT2D eigenvalue weighted by atomic mass is 10.0. The van der Waals surface area contributed by atoms with E-state index < -0.39 is 6.17 Å². The molecule has 2 unspecified atom stereocenters. The van der Waals surface area contributed by atoms with Crippen molar-refractivity contribution in [1.82, 2.24) is 5.32 Å². The van der Waals surface area contributed by atoms with Gasteiger partial charge in [-0.2, -0.15) is 0 Å². The normalized spacial score (nSPS) is 20.2. The van der Waals surface area contributed by atoms with Crippen molar-refractivity contribution in [2.75, 3.05) is 18.9 Å². The minimum absolute atomic E-state index is 0.0455. The summed E-state index contributed by atoms with van der Waals surface area (Å²) in [4.78, 5) is 15.6. The number of thiophene rings is 1. The maximum Gasteiger partial charge on any atom is 0.256 e. The molecular formula is C21H20Cl2N3O3S+. The number of likely N-dealkylation sites (N-methyl/N-ethyl adjacent to an activating group) is 1. The van der Waals surface area contributed by atoms with Crippen LogP contribution in [-0.4, -0.2) is 19.5 Å². The molecule has 156 valence electrons. The Bertz CT molecular complexity index is 1130. The zero-order valence-electron chi connectivity index (χ0n) is 16.2. The summed E-state index contributed by atoms with van der Waals surface area (Å²) in [6, 6.07) is 8.79. The third kappa shape index (κ3) is 3.67. The van der Waals surface area contributed by atoms with E-state index in [1.165, 1.54) is 15.3 Å². The Hall–Kier alpha value is -2.19. The number of carbonyl (C=O) groups excluding carboxylic acids is 1. The van der Waals surface area contributed by atoms with Gasteiger partial charge in [0.15, 0.2) is 6.17 Å². The van der Waals surface area contributed by atoms with Crippen LogP contribution in [0.15, 0.2) is 34.7 Å². The first-order chi connectivity index (χ1) is 14.5. The fourth-order valence-electron chi connectivity index (χ4n) is 3.82. The van der Waals surface area contributed by atoms with Gasteiger partial charge >= 0.3 is 0 Å². The summed E-state index contributed by atoms with van der Waals surface area (Å²) in [5.41, 5.74) is 1.99. The van der Waals surface area contributed by atoms with Crippen molar-refractivity contribution in [3.05, 3.63) is 67.9 Å². The summed E-state index contributed by atoms with van der Waals surface area (Å²) in [5, 5.41) is 8.29. The second-order valence-electron chi connectivity index (χ2n) is 7.56. The van der Waals surface area contributed by atoms with E-state index in [1.54, 1.807) is 29.5 Å². The minimum atomic E-state index is -0.408. The summed E-state index contributed by atoms with van der Waals surface area (Å²) < 4.78 is 11.6. The number of furan rings is 1. The molecule has 3 aromatic rings. The molecule has 4 heterocycles. The third-order valence-corrected chi connectivity index (χ3v) is 7.27. The lowest BCUT2D eigenvalue weighted by molar-refractivity contribution is -0.895. The largest absolute Gasteiger partial charge is 0.486 e. The number of nitrogens with one attached hydrogen (secondary N) is 3. The van der Waals surface area contributed by atoms with E-state index in [9.17, 15) is 4.79 Å². The van der Waals surface area contributed by atoms with Gasteiger partial charge in [0, 0.05) is 12.5 Å². The zero-order valence-corrected chi connectivity index (χ0v) is 18.5.